The lowest BCUT2D eigenvalue weighted by molar-refractivity contribution is -0.135. The van der Waals surface area contributed by atoms with Gasteiger partial charge in [-0.2, -0.15) is 0 Å². The van der Waals surface area contributed by atoms with E-state index >= 15 is 0 Å². The molecule has 0 aliphatic carbocycles. The minimum atomic E-state index is -0.483. The highest BCUT2D eigenvalue weighted by atomic mass is 16.5. The van der Waals surface area contributed by atoms with E-state index in [2.05, 4.69) is 11.7 Å². The average Bonchev–Trinajstić information content (AvgIpc) is 2.14. The summed E-state index contributed by atoms with van der Waals surface area (Å²) < 4.78 is 4.35. The summed E-state index contributed by atoms with van der Waals surface area (Å²) in [5, 5.41) is 0. The molecule has 13 heavy (non-hydrogen) atoms. The molecule has 0 aliphatic rings. The molecule has 0 bridgehead atoms. The summed E-state index contributed by atoms with van der Waals surface area (Å²) >= 11 is 0. The van der Waals surface area contributed by atoms with Crippen molar-refractivity contribution in [3.63, 3.8) is 0 Å². The number of ketones is 1. The van der Waals surface area contributed by atoms with Gasteiger partial charge in [-0.25, -0.2) is 4.79 Å². The van der Waals surface area contributed by atoms with Crippen LogP contribution in [0.2, 0.25) is 0 Å². The second kappa shape index (κ2) is 7.53. The first-order valence-corrected chi connectivity index (χ1v) is 4.49. The van der Waals surface area contributed by atoms with E-state index in [1.54, 1.807) is 0 Å². The Balaban J connectivity index is 3.61. The molecule has 0 saturated carbocycles. The fourth-order valence-electron chi connectivity index (χ4n) is 0.862. The first-order valence-electron chi connectivity index (χ1n) is 4.49. The van der Waals surface area contributed by atoms with Crippen molar-refractivity contribution in [2.75, 3.05) is 7.11 Å². The number of methoxy groups -OCH3 is 1. The van der Waals surface area contributed by atoms with E-state index in [1.807, 2.05) is 0 Å². The van der Waals surface area contributed by atoms with Crippen molar-refractivity contribution >= 4 is 11.8 Å². The normalized spacial score (nSPS) is 10.3. The first-order chi connectivity index (χ1) is 6.20. The lowest BCUT2D eigenvalue weighted by Gasteiger charge is -1.93. The van der Waals surface area contributed by atoms with Crippen LogP contribution in [-0.4, -0.2) is 18.9 Å². The van der Waals surface area contributed by atoms with Crippen molar-refractivity contribution in [1.82, 2.24) is 0 Å². The van der Waals surface area contributed by atoms with Crippen LogP contribution in [0.3, 0.4) is 0 Å². The second-order valence-corrected chi connectivity index (χ2v) is 2.78. The molecule has 0 aromatic heterocycles. The fourth-order valence-corrected chi connectivity index (χ4v) is 0.862. The Kier molecular flexibility index (Phi) is 6.88. The molecular formula is C10H16O3. The Labute approximate surface area is 78.8 Å². The van der Waals surface area contributed by atoms with Crippen molar-refractivity contribution in [3.05, 3.63) is 12.2 Å². The topological polar surface area (TPSA) is 43.4 Å². The van der Waals surface area contributed by atoms with E-state index in [0.717, 1.165) is 25.3 Å². The summed E-state index contributed by atoms with van der Waals surface area (Å²) in [4.78, 5) is 21.6. The largest absolute Gasteiger partial charge is 0.466 e. The van der Waals surface area contributed by atoms with Crippen LogP contribution in [0, 0.1) is 0 Å². The summed E-state index contributed by atoms with van der Waals surface area (Å²) in [7, 11) is 1.29. The maximum absolute atomic E-state index is 11.0. The van der Waals surface area contributed by atoms with Gasteiger partial charge in [-0.3, -0.25) is 4.79 Å². The van der Waals surface area contributed by atoms with Gasteiger partial charge in [0.15, 0.2) is 5.78 Å². The Hall–Kier alpha value is -1.12. The lowest BCUT2D eigenvalue weighted by atomic mass is 10.1. The lowest BCUT2D eigenvalue weighted by Crippen LogP contribution is -1.98. The predicted octanol–water partition coefficient (Wildman–Crippen LogP) is 1.86. The highest BCUT2D eigenvalue weighted by molar-refractivity contribution is 5.95. The molecule has 0 fully saturated rings. The van der Waals surface area contributed by atoms with Gasteiger partial charge in [0.2, 0.25) is 0 Å². The van der Waals surface area contributed by atoms with Crippen molar-refractivity contribution in [2.24, 2.45) is 0 Å². The van der Waals surface area contributed by atoms with Crippen LogP contribution >= 0.6 is 0 Å². The molecule has 0 spiro atoms. The molecule has 0 radical (unpaired) electrons. The zero-order chi connectivity index (χ0) is 10.1. The number of unbranched alkanes of at least 4 members (excludes halogenated alkanes) is 2. The first kappa shape index (κ1) is 11.9. The summed E-state index contributed by atoms with van der Waals surface area (Å²) in [6.45, 7) is 2.08. The van der Waals surface area contributed by atoms with Crippen LogP contribution in [0.5, 0.6) is 0 Å². The molecule has 0 heterocycles. The minimum absolute atomic E-state index is 0.0150. The summed E-state index contributed by atoms with van der Waals surface area (Å²) in [5.41, 5.74) is 0. The molecule has 3 heteroatoms. The summed E-state index contributed by atoms with van der Waals surface area (Å²) in [6.07, 6.45) is 5.99. The van der Waals surface area contributed by atoms with Crippen LogP contribution < -0.4 is 0 Å². The third-order valence-electron chi connectivity index (χ3n) is 1.63. The van der Waals surface area contributed by atoms with Gasteiger partial charge in [0.05, 0.1) is 7.11 Å². The molecule has 0 unspecified atom stereocenters. The highest BCUT2D eigenvalue weighted by Crippen LogP contribution is 2.00. The van der Waals surface area contributed by atoms with Crippen LogP contribution in [-0.2, 0) is 14.3 Å². The number of hydrogen-bond acceptors (Lipinski definition) is 3. The van der Waals surface area contributed by atoms with E-state index in [1.165, 1.54) is 13.2 Å². The SMILES string of the molecule is CCCCCC(=O)/C=C\C(=O)OC. The quantitative estimate of drug-likeness (QED) is 0.359. The zero-order valence-corrected chi connectivity index (χ0v) is 8.21. The standard InChI is InChI=1S/C10H16O3/c1-3-4-5-6-9(11)7-8-10(12)13-2/h7-8H,3-6H2,1-2H3/b8-7-. The molecule has 0 atom stereocenters. The van der Waals surface area contributed by atoms with Crippen LogP contribution in [0.25, 0.3) is 0 Å². The van der Waals surface area contributed by atoms with E-state index in [-0.39, 0.29) is 5.78 Å². The molecule has 0 saturated heterocycles. The van der Waals surface area contributed by atoms with Gasteiger partial charge in [-0.1, -0.05) is 19.8 Å². The average molecular weight is 184 g/mol. The summed E-state index contributed by atoms with van der Waals surface area (Å²) in [5.74, 6) is -0.498. The van der Waals surface area contributed by atoms with Gasteiger partial charge in [0, 0.05) is 12.5 Å². The van der Waals surface area contributed by atoms with Gasteiger partial charge in [0.1, 0.15) is 0 Å². The number of esters is 1. The van der Waals surface area contributed by atoms with E-state index in [9.17, 15) is 9.59 Å². The molecule has 0 aromatic rings. The highest BCUT2D eigenvalue weighted by Gasteiger charge is 1.97. The predicted molar refractivity (Wildman–Crippen MR) is 50.3 cm³/mol. The third-order valence-corrected chi connectivity index (χ3v) is 1.63. The third kappa shape index (κ3) is 7.25. The molecule has 74 valence electrons. The van der Waals surface area contributed by atoms with Crippen molar-refractivity contribution in [2.45, 2.75) is 32.6 Å². The monoisotopic (exact) mass is 184 g/mol. The Morgan fingerprint density at radius 3 is 2.46 bits per heavy atom. The number of carbonyl (C=O) groups is 2. The molecular weight excluding hydrogens is 168 g/mol. The number of ether oxygens (including phenoxy) is 1. The molecule has 0 N–H and O–H groups in total. The van der Waals surface area contributed by atoms with E-state index in [0.29, 0.717) is 6.42 Å². The van der Waals surface area contributed by atoms with Crippen molar-refractivity contribution in [3.8, 4) is 0 Å². The number of rotatable bonds is 6. The van der Waals surface area contributed by atoms with Crippen LogP contribution in [0.15, 0.2) is 12.2 Å². The van der Waals surface area contributed by atoms with E-state index < -0.39 is 5.97 Å². The maximum atomic E-state index is 11.0. The van der Waals surface area contributed by atoms with Crippen molar-refractivity contribution < 1.29 is 14.3 Å². The minimum Gasteiger partial charge on any atom is -0.466 e. The van der Waals surface area contributed by atoms with Crippen LogP contribution in [0.4, 0.5) is 0 Å². The molecule has 0 amide bonds. The van der Waals surface area contributed by atoms with Gasteiger partial charge in [0.25, 0.3) is 0 Å². The smallest absolute Gasteiger partial charge is 0.330 e. The maximum Gasteiger partial charge on any atom is 0.330 e. The molecule has 0 rings (SSSR count). The Morgan fingerprint density at radius 1 is 1.23 bits per heavy atom. The Bertz CT molecular complexity index is 194. The van der Waals surface area contributed by atoms with Gasteiger partial charge < -0.3 is 4.74 Å². The summed E-state index contributed by atoms with van der Waals surface area (Å²) in [6, 6.07) is 0. The molecule has 0 aromatic carbocycles. The second-order valence-electron chi connectivity index (χ2n) is 2.78. The zero-order valence-electron chi connectivity index (χ0n) is 8.21. The number of carbonyl (C=O) groups excluding carboxylic acids is 2. The number of allylic oxidation sites excluding steroid dienone is 1. The number of hydrogen-bond donors (Lipinski definition) is 0. The van der Waals surface area contributed by atoms with Gasteiger partial charge in [-0.05, 0) is 12.5 Å². The van der Waals surface area contributed by atoms with Crippen molar-refractivity contribution in [1.29, 1.82) is 0 Å². The Morgan fingerprint density at radius 2 is 1.92 bits per heavy atom. The van der Waals surface area contributed by atoms with Gasteiger partial charge >= 0.3 is 5.97 Å². The van der Waals surface area contributed by atoms with E-state index in [4.69, 9.17) is 0 Å². The molecule has 0 aliphatic heterocycles. The van der Waals surface area contributed by atoms with Gasteiger partial charge in [-0.15, -0.1) is 0 Å². The molecule has 3 nitrogen and oxygen atoms in total. The van der Waals surface area contributed by atoms with Crippen LogP contribution in [0.1, 0.15) is 32.6 Å². The fraction of sp³-hybridized carbons (Fsp3) is 0.600.